The summed E-state index contributed by atoms with van der Waals surface area (Å²) in [6.07, 6.45) is 0.958. The van der Waals surface area contributed by atoms with Crippen LogP contribution in [0, 0.1) is 24.1 Å². The van der Waals surface area contributed by atoms with E-state index in [4.69, 9.17) is 15.5 Å². The standard InChI is InChI=1S/C17H13FN4O3/c1-9-4-11(6-19)14(18)5-12(9)13-8-21-22(16(13)23)15-3-2-10(7-20-15)17(24)25/h2-5,7-8,17,23-25H,1H3. The molecular weight excluding hydrogens is 327 g/mol. The Morgan fingerprint density at radius 3 is 2.56 bits per heavy atom. The number of hydrogen-bond donors (Lipinski definition) is 3. The maximum Gasteiger partial charge on any atom is 0.223 e. The molecule has 25 heavy (non-hydrogen) atoms. The van der Waals surface area contributed by atoms with Crippen molar-refractivity contribution >= 4 is 0 Å². The van der Waals surface area contributed by atoms with E-state index in [1.807, 2.05) is 0 Å². The Kier molecular flexibility index (Phi) is 4.19. The van der Waals surface area contributed by atoms with Gasteiger partial charge in [0, 0.05) is 11.8 Å². The summed E-state index contributed by atoms with van der Waals surface area (Å²) in [7, 11) is 0. The zero-order chi connectivity index (χ0) is 18.1. The molecule has 0 aliphatic rings. The Hall–Kier alpha value is -3.28. The van der Waals surface area contributed by atoms with Crippen LogP contribution in [0.25, 0.3) is 16.9 Å². The zero-order valence-corrected chi connectivity index (χ0v) is 13.0. The molecule has 3 rings (SSSR count). The van der Waals surface area contributed by atoms with E-state index in [0.717, 1.165) is 4.68 Å². The van der Waals surface area contributed by atoms with Gasteiger partial charge in [0.25, 0.3) is 0 Å². The Labute approximate surface area is 141 Å². The molecule has 3 N–H and O–H groups in total. The summed E-state index contributed by atoms with van der Waals surface area (Å²) in [6.45, 7) is 1.70. The van der Waals surface area contributed by atoms with Gasteiger partial charge in [0.2, 0.25) is 5.88 Å². The van der Waals surface area contributed by atoms with E-state index in [1.165, 1.54) is 36.7 Å². The predicted molar refractivity (Wildman–Crippen MR) is 85.0 cm³/mol. The first-order valence-electron chi connectivity index (χ1n) is 7.22. The first-order chi connectivity index (χ1) is 11.9. The second-order valence-electron chi connectivity index (χ2n) is 5.38. The summed E-state index contributed by atoms with van der Waals surface area (Å²) in [5, 5.41) is 41.5. The van der Waals surface area contributed by atoms with E-state index in [1.54, 1.807) is 13.0 Å². The highest BCUT2D eigenvalue weighted by Gasteiger charge is 2.17. The number of rotatable bonds is 3. The molecule has 2 aromatic heterocycles. The quantitative estimate of drug-likeness (QED) is 0.628. The average molecular weight is 340 g/mol. The minimum absolute atomic E-state index is 0.0760. The van der Waals surface area contributed by atoms with Crippen molar-refractivity contribution in [2.24, 2.45) is 0 Å². The molecule has 7 nitrogen and oxygen atoms in total. The van der Waals surface area contributed by atoms with Gasteiger partial charge in [-0.3, -0.25) is 0 Å². The largest absolute Gasteiger partial charge is 0.493 e. The number of benzene rings is 1. The van der Waals surface area contributed by atoms with Crippen LogP contribution in [-0.2, 0) is 0 Å². The van der Waals surface area contributed by atoms with Crippen LogP contribution in [-0.4, -0.2) is 30.1 Å². The van der Waals surface area contributed by atoms with Crippen LogP contribution in [0.1, 0.15) is 23.0 Å². The van der Waals surface area contributed by atoms with E-state index >= 15 is 0 Å². The third-order valence-electron chi connectivity index (χ3n) is 3.75. The van der Waals surface area contributed by atoms with Gasteiger partial charge < -0.3 is 15.3 Å². The molecule has 0 amide bonds. The third-order valence-corrected chi connectivity index (χ3v) is 3.75. The van der Waals surface area contributed by atoms with Gasteiger partial charge >= 0.3 is 0 Å². The van der Waals surface area contributed by atoms with Gasteiger partial charge in [-0.2, -0.15) is 15.0 Å². The summed E-state index contributed by atoms with van der Waals surface area (Å²) in [4.78, 5) is 4.01. The van der Waals surface area contributed by atoms with Crippen molar-refractivity contribution in [3.8, 4) is 28.9 Å². The lowest BCUT2D eigenvalue weighted by molar-refractivity contribution is -0.0427. The fraction of sp³-hybridized carbons (Fsp3) is 0.118. The summed E-state index contributed by atoms with van der Waals surface area (Å²) >= 11 is 0. The normalized spacial score (nSPS) is 10.9. The molecule has 0 saturated carbocycles. The highest BCUT2D eigenvalue weighted by atomic mass is 19.1. The molecule has 126 valence electrons. The van der Waals surface area contributed by atoms with Gasteiger partial charge in [0.05, 0.1) is 17.3 Å². The maximum absolute atomic E-state index is 13.9. The lowest BCUT2D eigenvalue weighted by Crippen LogP contribution is -2.01. The van der Waals surface area contributed by atoms with Gasteiger partial charge in [-0.25, -0.2) is 9.37 Å². The van der Waals surface area contributed by atoms with E-state index in [9.17, 15) is 9.50 Å². The first kappa shape index (κ1) is 16.6. The van der Waals surface area contributed by atoms with Gasteiger partial charge in [-0.15, -0.1) is 0 Å². The number of nitriles is 1. The van der Waals surface area contributed by atoms with Crippen LogP contribution < -0.4 is 0 Å². The van der Waals surface area contributed by atoms with Crippen LogP contribution >= 0.6 is 0 Å². The van der Waals surface area contributed by atoms with Gasteiger partial charge in [-0.1, -0.05) is 0 Å². The molecule has 0 unspecified atom stereocenters. The first-order valence-corrected chi connectivity index (χ1v) is 7.22. The fourth-order valence-corrected chi connectivity index (χ4v) is 2.43. The molecule has 3 aromatic rings. The van der Waals surface area contributed by atoms with Crippen LogP contribution in [0.4, 0.5) is 4.39 Å². The number of aromatic nitrogens is 3. The Morgan fingerprint density at radius 1 is 1.20 bits per heavy atom. The van der Waals surface area contributed by atoms with Gasteiger partial charge in [0.15, 0.2) is 12.1 Å². The molecule has 0 atom stereocenters. The molecule has 0 fully saturated rings. The number of halogens is 1. The van der Waals surface area contributed by atoms with E-state index in [2.05, 4.69) is 10.1 Å². The lowest BCUT2D eigenvalue weighted by atomic mass is 10.0. The number of aryl methyl sites for hydroxylation is 1. The molecular formula is C17H13FN4O3. The van der Waals surface area contributed by atoms with Crippen LogP contribution in [0.2, 0.25) is 0 Å². The van der Waals surface area contributed by atoms with Crippen molar-refractivity contribution in [1.29, 1.82) is 5.26 Å². The van der Waals surface area contributed by atoms with Crippen LogP contribution in [0.5, 0.6) is 5.88 Å². The monoisotopic (exact) mass is 340 g/mol. The minimum atomic E-state index is -1.65. The topological polar surface area (TPSA) is 115 Å². The number of hydrogen-bond acceptors (Lipinski definition) is 6. The van der Waals surface area contributed by atoms with Crippen molar-refractivity contribution < 1.29 is 19.7 Å². The molecule has 2 heterocycles. The van der Waals surface area contributed by atoms with Crippen molar-refractivity contribution in [1.82, 2.24) is 14.8 Å². The predicted octanol–water partition coefficient (Wildman–Crippen LogP) is 1.94. The lowest BCUT2D eigenvalue weighted by Gasteiger charge is -2.08. The van der Waals surface area contributed by atoms with E-state index in [-0.39, 0.29) is 28.4 Å². The number of aliphatic hydroxyl groups excluding tert-OH is 1. The number of aliphatic hydroxyl groups is 2. The number of aromatic hydroxyl groups is 1. The molecule has 0 saturated heterocycles. The minimum Gasteiger partial charge on any atom is -0.493 e. The summed E-state index contributed by atoms with van der Waals surface area (Å²) in [6, 6.07) is 7.23. The maximum atomic E-state index is 13.9. The van der Waals surface area contributed by atoms with E-state index < -0.39 is 12.1 Å². The Balaban J connectivity index is 2.05. The number of nitrogens with zero attached hydrogens (tertiary/aromatic N) is 4. The zero-order valence-electron chi connectivity index (χ0n) is 13.0. The van der Waals surface area contributed by atoms with Crippen LogP contribution in [0.15, 0.2) is 36.7 Å². The molecule has 0 aliphatic carbocycles. The molecule has 1 aromatic carbocycles. The third kappa shape index (κ3) is 2.94. The SMILES string of the molecule is Cc1cc(C#N)c(F)cc1-c1cnn(-c2ccc(C(O)O)cn2)c1O. The molecule has 0 bridgehead atoms. The molecule has 0 aliphatic heterocycles. The fourth-order valence-electron chi connectivity index (χ4n) is 2.43. The van der Waals surface area contributed by atoms with Crippen molar-refractivity contribution in [2.45, 2.75) is 13.2 Å². The summed E-state index contributed by atoms with van der Waals surface area (Å²) < 4.78 is 15.0. The second kappa shape index (κ2) is 6.32. The highest BCUT2D eigenvalue weighted by molar-refractivity contribution is 5.72. The molecule has 0 radical (unpaired) electrons. The Morgan fingerprint density at radius 2 is 1.96 bits per heavy atom. The van der Waals surface area contributed by atoms with Gasteiger partial charge in [-0.05, 0) is 42.3 Å². The van der Waals surface area contributed by atoms with E-state index in [0.29, 0.717) is 11.1 Å². The van der Waals surface area contributed by atoms with Crippen molar-refractivity contribution in [3.63, 3.8) is 0 Å². The summed E-state index contributed by atoms with van der Waals surface area (Å²) in [5.74, 6) is -0.688. The smallest absolute Gasteiger partial charge is 0.223 e. The Bertz CT molecular complexity index is 975. The highest BCUT2D eigenvalue weighted by Crippen LogP contribution is 2.33. The van der Waals surface area contributed by atoms with Gasteiger partial charge in [0.1, 0.15) is 11.9 Å². The van der Waals surface area contributed by atoms with Crippen molar-refractivity contribution in [3.05, 3.63) is 59.2 Å². The molecule has 0 spiro atoms. The second-order valence-corrected chi connectivity index (χ2v) is 5.38. The number of pyridine rings is 1. The average Bonchev–Trinajstić information content (AvgIpc) is 2.98. The molecule has 8 heteroatoms. The van der Waals surface area contributed by atoms with Crippen molar-refractivity contribution in [2.75, 3.05) is 0 Å². The van der Waals surface area contributed by atoms with Crippen LogP contribution in [0.3, 0.4) is 0 Å². The summed E-state index contributed by atoms with van der Waals surface area (Å²) in [5.41, 5.74) is 1.42.